The van der Waals surface area contributed by atoms with Crippen molar-refractivity contribution in [3.05, 3.63) is 30.3 Å². The average molecular weight is 315 g/mol. The molecule has 126 valence electrons. The summed E-state index contributed by atoms with van der Waals surface area (Å²) in [7, 11) is 2.06. The Labute approximate surface area is 139 Å². The lowest BCUT2D eigenvalue weighted by atomic mass is 10.2. The highest BCUT2D eigenvalue weighted by Crippen LogP contribution is 2.24. The monoisotopic (exact) mass is 315 g/mol. The Morgan fingerprint density at radius 3 is 2.48 bits per heavy atom. The van der Waals surface area contributed by atoms with Crippen molar-refractivity contribution in [3.63, 3.8) is 0 Å². The number of anilines is 1. The van der Waals surface area contributed by atoms with E-state index in [1.807, 2.05) is 0 Å². The molecule has 1 aliphatic heterocycles. The number of guanidine groups is 1. The third-order valence-electron chi connectivity index (χ3n) is 5.03. The molecule has 1 atom stereocenters. The van der Waals surface area contributed by atoms with E-state index in [9.17, 15) is 0 Å². The first-order valence-electron chi connectivity index (χ1n) is 8.72. The Balaban J connectivity index is 1.46. The Morgan fingerprint density at radius 1 is 1.22 bits per heavy atom. The van der Waals surface area contributed by atoms with Gasteiger partial charge in [0.05, 0.1) is 6.54 Å². The minimum Gasteiger partial charge on any atom is -0.370 e. The van der Waals surface area contributed by atoms with Crippen molar-refractivity contribution < 1.29 is 0 Å². The third-order valence-corrected chi connectivity index (χ3v) is 5.03. The van der Waals surface area contributed by atoms with E-state index >= 15 is 0 Å². The van der Waals surface area contributed by atoms with Gasteiger partial charge in [-0.2, -0.15) is 0 Å². The summed E-state index contributed by atoms with van der Waals surface area (Å²) in [4.78, 5) is 11.7. The zero-order valence-corrected chi connectivity index (χ0v) is 14.4. The lowest BCUT2D eigenvalue weighted by Crippen LogP contribution is -2.50. The normalized spacial score (nSPS) is 21.3. The molecule has 23 heavy (non-hydrogen) atoms. The molecule has 1 heterocycles. The van der Waals surface area contributed by atoms with Crippen LogP contribution in [0.2, 0.25) is 0 Å². The van der Waals surface area contributed by atoms with Crippen LogP contribution >= 0.6 is 0 Å². The predicted molar refractivity (Wildman–Crippen MR) is 97.0 cm³/mol. The van der Waals surface area contributed by atoms with Crippen LogP contribution in [-0.2, 0) is 0 Å². The molecule has 2 aliphatic rings. The summed E-state index contributed by atoms with van der Waals surface area (Å²) in [5.41, 5.74) is 7.41. The first kappa shape index (κ1) is 16.1. The van der Waals surface area contributed by atoms with Gasteiger partial charge in [0.25, 0.3) is 0 Å². The largest absolute Gasteiger partial charge is 0.370 e. The molecule has 1 aromatic carbocycles. The summed E-state index contributed by atoms with van der Waals surface area (Å²) in [6.07, 6.45) is 2.51. The molecule has 0 amide bonds. The maximum atomic E-state index is 6.08. The molecule has 1 aliphatic carbocycles. The van der Waals surface area contributed by atoms with Gasteiger partial charge in [0.2, 0.25) is 0 Å². The van der Waals surface area contributed by atoms with Gasteiger partial charge in [-0.1, -0.05) is 18.2 Å². The molecule has 5 nitrogen and oxygen atoms in total. The second-order valence-corrected chi connectivity index (χ2v) is 6.75. The maximum Gasteiger partial charge on any atom is 0.191 e. The minimum absolute atomic E-state index is 0.444. The molecule has 5 heteroatoms. The van der Waals surface area contributed by atoms with E-state index in [1.165, 1.54) is 18.5 Å². The Morgan fingerprint density at radius 2 is 1.87 bits per heavy atom. The molecule has 0 bridgehead atoms. The number of nitrogens with two attached hydrogens (primary N) is 1. The second-order valence-electron chi connectivity index (χ2n) is 6.75. The van der Waals surface area contributed by atoms with Crippen LogP contribution in [0, 0.1) is 0 Å². The summed E-state index contributed by atoms with van der Waals surface area (Å²) in [6, 6.07) is 11.7. The molecule has 1 saturated carbocycles. The zero-order valence-electron chi connectivity index (χ0n) is 14.4. The van der Waals surface area contributed by atoms with E-state index < -0.39 is 0 Å². The molecule has 1 saturated heterocycles. The number of para-hydroxylation sites is 1. The summed E-state index contributed by atoms with van der Waals surface area (Å²) in [6.45, 7) is 7.37. The first-order chi connectivity index (χ1) is 11.1. The van der Waals surface area contributed by atoms with Crippen molar-refractivity contribution in [3.8, 4) is 0 Å². The van der Waals surface area contributed by atoms with Gasteiger partial charge in [-0.15, -0.1) is 0 Å². The topological polar surface area (TPSA) is 48.1 Å². The summed E-state index contributed by atoms with van der Waals surface area (Å²) in [5, 5.41) is 0. The van der Waals surface area contributed by atoms with Gasteiger partial charge in [-0.3, -0.25) is 9.89 Å². The second kappa shape index (κ2) is 7.21. The summed E-state index contributed by atoms with van der Waals surface area (Å²) in [5.74, 6) is 0.697. The van der Waals surface area contributed by atoms with Gasteiger partial charge in [0.1, 0.15) is 0 Å². The molecule has 1 unspecified atom stereocenters. The minimum atomic E-state index is 0.444. The van der Waals surface area contributed by atoms with Crippen LogP contribution in [0.15, 0.2) is 35.3 Å². The number of benzene rings is 1. The first-order valence-corrected chi connectivity index (χ1v) is 8.72. The van der Waals surface area contributed by atoms with Gasteiger partial charge >= 0.3 is 0 Å². The fourth-order valence-electron chi connectivity index (χ4n) is 3.16. The molecule has 3 rings (SSSR count). The van der Waals surface area contributed by atoms with Crippen LogP contribution in [0.4, 0.5) is 5.69 Å². The average Bonchev–Trinajstić information content (AvgIpc) is 3.44. The van der Waals surface area contributed by atoms with Crippen molar-refractivity contribution in [2.75, 3.05) is 44.7 Å². The number of aliphatic imine (C=N–C) groups is 1. The number of nitrogens with zero attached hydrogens (tertiary/aromatic N) is 4. The van der Waals surface area contributed by atoms with Crippen LogP contribution in [-0.4, -0.2) is 67.6 Å². The molecule has 2 fully saturated rings. The lowest BCUT2D eigenvalue weighted by Gasteiger charge is -2.38. The Bertz CT molecular complexity index is 517. The van der Waals surface area contributed by atoms with Crippen molar-refractivity contribution in [2.45, 2.75) is 31.8 Å². The van der Waals surface area contributed by atoms with Gasteiger partial charge < -0.3 is 15.5 Å². The lowest BCUT2D eigenvalue weighted by molar-refractivity contribution is 0.201. The van der Waals surface area contributed by atoms with Crippen LogP contribution in [0.3, 0.4) is 0 Å². The highest BCUT2D eigenvalue weighted by Gasteiger charge is 2.27. The summed E-state index contributed by atoms with van der Waals surface area (Å²) < 4.78 is 0. The molecule has 0 spiro atoms. The maximum absolute atomic E-state index is 6.08. The van der Waals surface area contributed by atoms with E-state index in [2.05, 4.69) is 64.0 Å². The van der Waals surface area contributed by atoms with Gasteiger partial charge in [-0.25, -0.2) is 0 Å². The van der Waals surface area contributed by atoms with Crippen molar-refractivity contribution in [1.82, 2.24) is 9.80 Å². The predicted octanol–water partition coefficient (Wildman–Crippen LogP) is 1.61. The quantitative estimate of drug-likeness (QED) is 0.662. The smallest absolute Gasteiger partial charge is 0.191 e. The molecule has 1 aromatic rings. The van der Waals surface area contributed by atoms with Crippen molar-refractivity contribution in [2.24, 2.45) is 10.7 Å². The highest BCUT2D eigenvalue weighted by atomic mass is 15.3. The molecular weight excluding hydrogens is 286 g/mol. The zero-order chi connectivity index (χ0) is 16.2. The Kier molecular flexibility index (Phi) is 5.06. The molecule has 2 N–H and O–H groups in total. The SMILES string of the molecule is CC(CN=C(N)N(C)C1CC1)N1CCN(c2ccccc2)CC1. The van der Waals surface area contributed by atoms with E-state index in [0.717, 1.165) is 32.7 Å². The van der Waals surface area contributed by atoms with Crippen LogP contribution < -0.4 is 10.6 Å². The molecular formula is C18H29N5. The van der Waals surface area contributed by atoms with Gasteiger partial charge in [0, 0.05) is 51.0 Å². The number of piperazine rings is 1. The van der Waals surface area contributed by atoms with Gasteiger partial charge in [-0.05, 0) is 31.9 Å². The van der Waals surface area contributed by atoms with Crippen LogP contribution in [0.5, 0.6) is 0 Å². The van der Waals surface area contributed by atoms with E-state index in [0.29, 0.717) is 18.0 Å². The highest BCUT2D eigenvalue weighted by molar-refractivity contribution is 5.78. The van der Waals surface area contributed by atoms with E-state index in [4.69, 9.17) is 5.73 Å². The van der Waals surface area contributed by atoms with Crippen LogP contribution in [0.1, 0.15) is 19.8 Å². The number of hydrogen-bond donors (Lipinski definition) is 1. The molecule has 0 radical (unpaired) electrons. The standard InChI is InChI=1S/C18H29N5/c1-15(14-20-18(19)21(2)16-8-9-16)22-10-12-23(13-11-22)17-6-4-3-5-7-17/h3-7,15-16H,8-14H2,1-2H3,(H2,19,20). The third kappa shape index (κ3) is 4.16. The fraction of sp³-hybridized carbons (Fsp3) is 0.611. The van der Waals surface area contributed by atoms with Crippen molar-refractivity contribution >= 4 is 11.6 Å². The fourth-order valence-corrected chi connectivity index (χ4v) is 3.16. The summed E-state index contributed by atoms with van der Waals surface area (Å²) >= 11 is 0. The number of hydrogen-bond acceptors (Lipinski definition) is 3. The van der Waals surface area contributed by atoms with Gasteiger partial charge in [0.15, 0.2) is 5.96 Å². The Hall–Kier alpha value is -1.75. The van der Waals surface area contributed by atoms with Crippen molar-refractivity contribution in [1.29, 1.82) is 0 Å². The van der Waals surface area contributed by atoms with E-state index in [1.54, 1.807) is 0 Å². The van der Waals surface area contributed by atoms with E-state index in [-0.39, 0.29) is 0 Å². The number of rotatable bonds is 5. The van der Waals surface area contributed by atoms with Crippen LogP contribution in [0.25, 0.3) is 0 Å². The molecule has 0 aromatic heterocycles.